The Balaban J connectivity index is 1.38. The van der Waals surface area contributed by atoms with Gasteiger partial charge in [-0.2, -0.15) is 4.98 Å². The summed E-state index contributed by atoms with van der Waals surface area (Å²) in [6.07, 6.45) is 3.22. The number of hydrogen-bond donors (Lipinski definition) is 1. The average molecular weight is 382 g/mol. The molecule has 1 fully saturated rings. The van der Waals surface area contributed by atoms with Crippen LogP contribution in [-0.2, 0) is 0 Å². The van der Waals surface area contributed by atoms with Crippen LogP contribution in [0.5, 0.6) is 11.5 Å². The molecule has 0 saturated carbocycles. The number of nitrogens with one attached hydrogen (secondary N) is 1. The van der Waals surface area contributed by atoms with Gasteiger partial charge < -0.3 is 24.2 Å². The van der Waals surface area contributed by atoms with E-state index in [0.29, 0.717) is 47.8 Å². The van der Waals surface area contributed by atoms with Gasteiger partial charge in [0.1, 0.15) is 0 Å². The lowest BCUT2D eigenvalue weighted by molar-refractivity contribution is 0.147. The van der Waals surface area contributed by atoms with Gasteiger partial charge in [0.2, 0.25) is 17.5 Å². The number of rotatable bonds is 5. The molecule has 1 aliphatic rings. The minimum Gasteiger partial charge on any atom is -0.493 e. The first-order chi connectivity index (χ1) is 13.7. The Morgan fingerprint density at radius 3 is 2.64 bits per heavy atom. The van der Waals surface area contributed by atoms with Crippen molar-refractivity contribution in [2.24, 2.45) is 0 Å². The highest BCUT2D eigenvalue weighted by atomic mass is 16.5. The van der Waals surface area contributed by atoms with Crippen molar-refractivity contribution in [3.8, 4) is 23.1 Å². The second kappa shape index (κ2) is 7.51. The Labute approximate surface area is 160 Å². The number of para-hydroxylation sites is 1. The molecule has 0 atom stereocenters. The van der Waals surface area contributed by atoms with Crippen LogP contribution >= 0.6 is 0 Å². The van der Waals surface area contributed by atoms with Gasteiger partial charge in [0, 0.05) is 25.5 Å². The highest BCUT2D eigenvalue weighted by molar-refractivity contribution is 5.92. The minimum absolute atomic E-state index is 0.0251. The van der Waals surface area contributed by atoms with Crippen LogP contribution in [0.1, 0.15) is 11.8 Å². The number of urea groups is 1. The standard InChI is InChI=1S/C18H18N6O4/c1-26-13-6-3-5-12(14(13)27-2)21-18(25)24-9-11(10-24)17-22-16(23-28-17)15-19-7-4-8-20-15/h3-8,11H,9-10H2,1-2H3,(H,21,25). The zero-order valence-corrected chi connectivity index (χ0v) is 15.3. The molecule has 3 aromatic rings. The molecule has 1 aromatic carbocycles. The lowest BCUT2D eigenvalue weighted by atomic mass is 10.0. The smallest absolute Gasteiger partial charge is 0.321 e. The SMILES string of the molecule is COc1cccc(NC(=O)N2CC(c3nc(-c4ncccn4)no3)C2)c1OC. The molecule has 28 heavy (non-hydrogen) atoms. The predicted octanol–water partition coefficient (Wildman–Crippen LogP) is 2.18. The largest absolute Gasteiger partial charge is 0.493 e. The molecule has 0 aliphatic carbocycles. The van der Waals surface area contributed by atoms with Gasteiger partial charge in [-0.3, -0.25) is 0 Å². The molecule has 1 N–H and O–H groups in total. The van der Waals surface area contributed by atoms with Crippen molar-refractivity contribution in [1.82, 2.24) is 25.0 Å². The quantitative estimate of drug-likeness (QED) is 0.714. The van der Waals surface area contributed by atoms with Crippen molar-refractivity contribution in [3.63, 3.8) is 0 Å². The number of methoxy groups -OCH3 is 2. The van der Waals surface area contributed by atoms with Gasteiger partial charge in [-0.15, -0.1) is 0 Å². The van der Waals surface area contributed by atoms with E-state index < -0.39 is 0 Å². The number of anilines is 1. The Morgan fingerprint density at radius 1 is 1.14 bits per heavy atom. The number of hydrogen-bond acceptors (Lipinski definition) is 8. The van der Waals surface area contributed by atoms with E-state index in [2.05, 4.69) is 25.4 Å². The zero-order chi connectivity index (χ0) is 19.5. The van der Waals surface area contributed by atoms with Crippen molar-refractivity contribution in [3.05, 3.63) is 42.5 Å². The van der Waals surface area contributed by atoms with Crippen LogP contribution in [-0.4, -0.2) is 58.3 Å². The number of likely N-dealkylation sites (tertiary alicyclic amines) is 1. The second-order valence-corrected chi connectivity index (χ2v) is 6.10. The van der Waals surface area contributed by atoms with Crippen LogP contribution in [0.25, 0.3) is 11.6 Å². The molecule has 0 unspecified atom stereocenters. The van der Waals surface area contributed by atoms with E-state index in [1.54, 1.807) is 48.7 Å². The normalized spacial score (nSPS) is 13.7. The minimum atomic E-state index is -0.242. The van der Waals surface area contributed by atoms with Crippen molar-refractivity contribution >= 4 is 11.7 Å². The number of nitrogens with zero attached hydrogens (tertiary/aromatic N) is 5. The topological polar surface area (TPSA) is 116 Å². The van der Waals surface area contributed by atoms with E-state index in [1.807, 2.05) is 0 Å². The van der Waals surface area contributed by atoms with E-state index in [4.69, 9.17) is 14.0 Å². The van der Waals surface area contributed by atoms with Gasteiger partial charge in [-0.25, -0.2) is 14.8 Å². The molecule has 10 heteroatoms. The molecule has 2 aromatic heterocycles. The highest BCUT2D eigenvalue weighted by Crippen LogP contribution is 2.35. The van der Waals surface area contributed by atoms with E-state index in [9.17, 15) is 4.79 Å². The summed E-state index contributed by atoms with van der Waals surface area (Å²) in [5.74, 6) is 2.19. The molecule has 3 heterocycles. The Kier molecular flexibility index (Phi) is 4.75. The number of benzene rings is 1. The molecule has 2 amide bonds. The van der Waals surface area contributed by atoms with E-state index >= 15 is 0 Å². The Bertz CT molecular complexity index is 971. The Morgan fingerprint density at radius 2 is 1.93 bits per heavy atom. The number of carbonyl (C=O) groups excluding carboxylic acids is 1. The number of ether oxygens (including phenoxy) is 2. The lowest BCUT2D eigenvalue weighted by Gasteiger charge is -2.36. The molecule has 0 radical (unpaired) electrons. The summed E-state index contributed by atoms with van der Waals surface area (Å²) in [4.78, 5) is 26.7. The highest BCUT2D eigenvalue weighted by Gasteiger charge is 2.36. The van der Waals surface area contributed by atoms with Crippen molar-refractivity contribution < 1.29 is 18.8 Å². The summed E-state index contributed by atoms with van der Waals surface area (Å²) in [6.45, 7) is 0.935. The van der Waals surface area contributed by atoms with Gasteiger partial charge in [-0.1, -0.05) is 11.2 Å². The van der Waals surface area contributed by atoms with Crippen LogP contribution in [0, 0.1) is 0 Å². The molecule has 1 aliphatic heterocycles. The van der Waals surface area contributed by atoms with Crippen molar-refractivity contribution in [1.29, 1.82) is 0 Å². The zero-order valence-electron chi connectivity index (χ0n) is 15.3. The maximum absolute atomic E-state index is 12.5. The summed E-state index contributed by atoms with van der Waals surface area (Å²) in [7, 11) is 3.07. The summed E-state index contributed by atoms with van der Waals surface area (Å²) in [5.41, 5.74) is 0.539. The van der Waals surface area contributed by atoms with E-state index in [-0.39, 0.29) is 11.9 Å². The second-order valence-electron chi connectivity index (χ2n) is 6.10. The maximum Gasteiger partial charge on any atom is 0.321 e. The summed E-state index contributed by atoms with van der Waals surface area (Å²) in [5, 5.41) is 6.74. The number of aromatic nitrogens is 4. The Hall–Kier alpha value is -3.69. The fourth-order valence-electron chi connectivity index (χ4n) is 2.89. The molecule has 144 valence electrons. The van der Waals surface area contributed by atoms with Crippen molar-refractivity contribution in [2.75, 3.05) is 32.6 Å². The summed E-state index contributed by atoms with van der Waals surface area (Å²) >= 11 is 0. The molecule has 10 nitrogen and oxygen atoms in total. The van der Waals surface area contributed by atoms with Gasteiger partial charge >= 0.3 is 6.03 Å². The van der Waals surface area contributed by atoms with Crippen LogP contribution < -0.4 is 14.8 Å². The van der Waals surface area contributed by atoms with Gasteiger partial charge in [0.15, 0.2) is 11.5 Å². The van der Waals surface area contributed by atoms with Crippen LogP contribution in [0.2, 0.25) is 0 Å². The number of amides is 2. The monoisotopic (exact) mass is 382 g/mol. The van der Waals surface area contributed by atoms with Crippen molar-refractivity contribution in [2.45, 2.75) is 5.92 Å². The number of carbonyl (C=O) groups is 1. The first-order valence-corrected chi connectivity index (χ1v) is 8.57. The predicted molar refractivity (Wildman–Crippen MR) is 98.2 cm³/mol. The van der Waals surface area contributed by atoms with Crippen LogP contribution in [0.15, 0.2) is 41.2 Å². The van der Waals surface area contributed by atoms with E-state index in [0.717, 1.165) is 0 Å². The third-order valence-electron chi connectivity index (χ3n) is 4.37. The van der Waals surface area contributed by atoms with E-state index in [1.165, 1.54) is 7.11 Å². The first-order valence-electron chi connectivity index (χ1n) is 8.57. The fraction of sp³-hybridized carbons (Fsp3) is 0.278. The van der Waals surface area contributed by atoms with Crippen LogP contribution in [0.3, 0.4) is 0 Å². The van der Waals surface area contributed by atoms with Crippen LogP contribution in [0.4, 0.5) is 10.5 Å². The molecular weight excluding hydrogens is 364 g/mol. The van der Waals surface area contributed by atoms with Gasteiger partial charge in [0.05, 0.1) is 25.8 Å². The van der Waals surface area contributed by atoms with Gasteiger partial charge in [0.25, 0.3) is 0 Å². The molecule has 1 saturated heterocycles. The molecule has 0 spiro atoms. The lowest BCUT2D eigenvalue weighted by Crippen LogP contribution is -2.50. The molecule has 0 bridgehead atoms. The third-order valence-corrected chi connectivity index (χ3v) is 4.37. The molecule has 4 rings (SSSR count). The first kappa shape index (κ1) is 17.7. The third kappa shape index (κ3) is 3.31. The molecular formula is C18H18N6O4. The van der Waals surface area contributed by atoms with Gasteiger partial charge in [-0.05, 0) is 18.2 Å². The summed E-state index contributed by atoms with van der Waals surface area (Å²) in [6, 6.07) is 6.76. The maximum atomic E-state index is 12.5. The summed E-state index contributed by atoms with van der Waals surface area (Å²) < 4.78 is 15.9. The fourth-order valence-corrected chi connectivity index (χ4v) is 2.89. The average Bonchev–Trinajstić information content (AvgIpc) is 3.17.